The van der Waals surface area contributed by atoms with Gasteiger partial charge in [-0.25, -0.2) is 4.79 Å². The third-order valence-corrected chi connectivity index (χ3v) is 3.36. The molecule has 2 heterocycles. The van der Waals surface area contributed by atoms with Gasteiger partial charge in [-0.15, -0.1) is 0 Å². The van der Waals surface area contributed by atoms with E-state index in [1.165, 1.54) is 0 Å². The predicted molar refractivity (Wildman–Crippen MR) is 64.2 cm³/mol. The maximum atomic E-state index is 12.2. The van der Waals surface area contributed by atoms with E-state index < -0.39 is 18.1 Å². The highest BCUT2D eigenvalue weighted by Crippen LogP contribution is 2.39. The van der Waals surface area contributed by atoms with Gasteiger partial charge in [0.15, 0.2) is 0 Å². The molecule has 3 N–H and O–H groups in total. The van der Waals surface area contributed by atoms with Crippen molar-refractivity contribution in [1.29, 1.82) is 0 Å². The van der Waals surface area contributed by atoms with Crippen LogP contribution in [-0.4, -0.2) is 40.9 Å². The standard InChI is InChI=1S/C12H20N2O4/c1-12(2,3)14-10(15)8-6-4-5-7(18-6)9(8)13-11(16)17/h6-9,13H,4-5H2,1-3H3,(H,14,15)(H,16,17)/t6-,7?,8-,9?/m0/s1. The van der Waals surface area contributed by atoms with E-state index in [2.05, 4.69) is 10.6 Å². The smallest absolute Gasteiger partial charge is 0.404 e. The van der Waals surface area contributed by atoms with Crippen LogP contribution >= 0.6 is 0 Å². The zero-order valence-electron chi connectivity index (χ0n) is 10.9. The van der Waals surface area contributed by atoms with Crippen molar-refractivity contribution in [1.82, 2.24) is 10.6 Å². The van der Waals surface area contributed by atoms with Crippen molar-refractivity contribution in [3.8, 4) is 0 Å². The number of hydrogen-bond acceptors (Lipinski definition) is 3. The maximum Gasteiger partial charge on any atom is 0.404 e. The van der Waals surface area contributed by atoms with Gasteiger partial charge in [0.05, 0.1) is 24.2 Å². The number of carbonyl (C=O) groups is 2. The molecular formula is C12H20N2O4. The van der Waals surface area contributed by atoms with Crippen molar-refractivity contribution in [2.45, 2.75) is 57.4 Å². The van der Waals surface area contributed by atoms with Crippen LogP contribution in [0, 0.1) is 5.92 Å². The van der Waals surface area contributed by atoms with Gasteiger partial charge in [-0.05, 0) is 33.6 Å². The first-order valence-electron chi connectivity index (χ1n) is 6.25. The Hall–Kier alpha value is -1.30. The molecule has 0 aromatic carbocycles. The van der Waals surface area contributed by atoms with E-state index in [4.69, 9.17) is 9.84 Å². The minimum Gasteiger partial charge on any atom is -0.465 e. The lowest BCUT2D eigenvalue weighted by Crippen LogP contribution is -2.54. The van der Waals surface area contributed by atoms with Crippen molar-refractivity contribution in [3.05, 3.63) is 0 Å². The summed E-state index contributed by atoms with van der Waals surface area (Å²) >= 11 is 0. The average molecular weight is 256 g/mol. The first kappa shape index (κ1) is 13.1. The average Bonchev–Trinajstić information content (AvgIpc) is 2.73. The molecule has 2 aliphatic heterocycles. The Labute approximate surface area is 106 Å². The van der Waals surface area contributed by atoms with Crippen LogP contribution in [0.1, 0.15) is 33.6 Å². The second-order valence-corrected chi connectivity index (χ2v) is 6.03. The highest BCUT2D eigenvalue weighted by Gasteiger charge is 2.53. The molecule has 0 aliphatic carbocycles. The highest BCUT2D eigenvalue weighted by atomic mass is 16.5. The molecule has 2 aliphatic rings. The molecule has 0 aromatic heterocycles. The lowest BCUT2D eigenvalue weighted by atomic mass is 9.83. The van der Waals surface area contributed by atoms with E-state index in [-0.39, 0.29) is 23.7 Å². The Morgan fingerprint density at radius 3 is 2.39 bits per heavy atom. The van der Waals surface area contributed by atoms with Crippen LogP contribution < -0.4 is 10.6 Å². The summed E-state index contributed by atoms with van der Waals surface area (Å²) in [7, 11) is 0. The van der Waals surface area contributed by atoms with Gasteiger partial charge in [-0.1, -0.05) is 0 Å². The Morgan fingerprint density at radius 2 is 1.83 bits per heavy atom. The first-order valence-corrected chi connectivity index (χ1v) is 6.25. The molecule has 6 heteroatoms. The molecule has 2 bridgehead atoms. The van der Waals surface area contributed by atoms with Gasteiger partial charge in [-0.3, -0.25) is 4.79 Å². The van der Waals surface area contributed by atoms with Crippen molar-refractivity contribution < 1.29 is 19.4 Å². The van der Waals surface area contributed by atoms with E-state index in [9.17, 15) is 9.59 Å². The summed E-state index contributed by atoms with van der Waals surface area (Å²) in [4.78, 5) is 23.0. The van der Waals surface area contributed by atoms with Crippen molar-refractivity contribution >= 4 is 12.0 Å². The monoisotopic (exact) mass is 256 g/mol. The van der Waals surface area contributed by atoms with Crippen molar-refractivity contribution in [3.63, 3.8) is 0 Å². The van der Waals surface area contributed by atoms with Crippen LogP contribution in [0.5, 0.6) is 0 Å². The molecule has 0 saturated carbocycles. The second kappa shape index (κ2) is 4.42. The SMILES string of the molecule is CC(C)(C)NC(=O)[C@@H]1C(NC(=O)O)C2CC[C@@H]1O2. The number of nitrogens with one attached hydrogen (secondary N) is 2. The van der Waals surface area contributed by atoms with E-state index in [1.807, 2.05) is 20.8 Å². The van der Waals surface area contributed by atoms with Crippen LogP contribution in [0.15, 0.2) is 0 Å². The van der Waals surface area contributed by atoms with Crippen LogP contribution in [-0.2, 0) is 9.53 Å². The number of carbonyl (C=O) groups excluding carboxylic acids is 1. The Balaban J connectivity index is 2.09. The summed E-state index contributed by atoms with van der Waals surface area (Å²) in [6, 6.07) is -0.427. The van der Waals surface area contributed by atoms with Gasteiger partial charge in [-0.2, -0.15) is 0 Å². The minimum atomic E-state index is -1.11. The lowest BCUT2D eigenvalue weighted by molar-refractivity contribution is -0.128. The summed E-state index contributed by atoms with van der Waals surface area (Å²) in [5.41, 5.74) is -0.327. The van der Waals surface area contributed by atoms with Crippen LogP contribution in [0.2, 0.25) is 0 Å². The molecule has 0 radical (unpaired) electrons. The van der Waals surface area contributed by atoms with Gasteiger partial charge in [0.1, 0.15) is 0 Å². The molecule has 4 atom stereocenters. The second-order valence-electron chi connectivity index (χ2n) is 6.03. The Bertz CT molecular complexity index is 364. The van der Waals surface area contributed by atoms with Gasteiger partial charge in [0.25, 0.3) is 0 Å². The normalized spacial score (nSPS) is 34.4. The number of fused-ring (bicyclic) bond motifs is 2. The molecule has 0 aromatic rings. The fraction of sp³-hybridized carbons (Fsp3) is 0.833. The van der Waals surface area contributed by atoms with Crippen LogP contribution in [0.4, 0.5) is 4.79 Å². The molecule has 2 fully saturated rings. The molecule has 102 valence electrons. The minimum absolute atomic E-state index is 0.131. The molecule has 2 amide bonds. The van der Waals surface area contributed by atoms with E-state index in [0.29, 0.717) is 0 Å². The summed E-state index contributed by atoms with van der Waals surface area (Å²) in [5, 5.41) is 14.2. The summed E-state index contributed by atoms with van der Waals surface area (Å²) < 4.78 is 5.65. The van der Waals surface area contributed by atoms with Gasteiger partial charge < -0.3 is 20.5 Å². The number of rotatable bonds is 2. The zero-order chi connectivity index (χ0) is 13.5. The molecule has 6 nitrogen and oxygen atoms in total. The zero-order valence-corrected chi connectivity index (χ0v) is 10.9. The van der Waals surface area contributed by atoms with Crippen LogP contribution in [0.3, 0.4) is 0 Å². The van der Waals surface area contributed by atoms with Gasteiger partial charge in [0, 0.05) is 5.54 Å². The molecule has 2 saturated heterocycles. The quantitative estimate of drug-likeness (QED) is 0.679. The van der Waals surface area contributed by atoms with Gasteiger partial charge in [0.2, 0.25) is 5.91 Å². The third kappa shape index (κ3) is 2.58. The van der Waals surface area contributed by atoms with Crippen molar-refractivity contribution in [2.24, 2.45) is 5.92 Å². The fourth-order valence-corrected chi connectivity index (χ4v) is 2.79. The molecule has 2 unspecified atom stereocenters. The van der Waals surface area contributed by atoms with Crippen LogP contribution in [0.25, 0.3) is 0 Å². The number of hydrogen-bond donors (Lipinski definition) is 3. The largest absolute Gasteiger partial charge is 0.465 e. The predicted octanol–water partition coefficient (Wildman–Crippen LogP) is 0.715. The molecule has 0 spiro atoms. The molecular weight excluding hydrogens is 236 g/mol. The maximum absolute atomic E-state index is 12.2. The fourth-order valence-electron chi connectivity index (χ4n) is 2.79. The number of amides is 2. The molecule has 18 heavy (non-hydrogen) atoms. The third-order valence-electron chi connectivity index (χ3n) is 3.36. The first-order chi connectivity index (χ1) is 8.28. The lowest BCUT2D eigenvalue weighted by Gasteiger charge is -2.30. The van der Waals surface area contributed by atoms with Crippen molar-refractivity contribution in [2.75, 3.05) is 0 Å². The topological polar surface area (TPSA) is 87.7 Å². The Kier molecular flexibility index (Phi) is 3.23. The van der Waals surface area contributed by atoms with E-state index >= 15 is 0 Å². The van der Waals surface area contributed by atoms with E-state index in [0.717, 1.165) is 12.8 Å². The number of carboxylic acid groups (broad SMARTS) is 1. The Morgan fingerprint density at radius 1 is 1.22 bits per heavy atom. The van der Waals surface area contributed by atoms with Gasteiger partial charge >= 0.3 is 6.09 Å². The number of ether oxygens (including phenoxy) is 1. The highest BCUT2D eigenvalue weighted by molar-refractivity contribution is 5.82. The van der Waals surface area contributed by atoms with E-state index in [1.54, 1.807) is 0 Å². The molecule has 2 rings (SSSR count). The summed E-state index contributed by atoms with van der Waals surface area (Å²) in [6.07, 6.45) is 0.209. The summed E-state index contributed by atoms with van der Waals surface area (Å²) in [6.45, 7) is 5.70. The summed E-state index contributed by atoms with van der Waals surface area (Å²) in [5.74, 6) is -0.549.